The average Bonchev–Trinajstić information content (AvgIpc) is 3.33. The molecule has 1 aliphatic heterocycles. The minimum Gasteiger partial charge on any atom is -0.452 e. The van der Waals surface area contributed by atoms with E-state index in [1.54, 1.807) is 0 Å². The Morgan fingerprint density at radius 2 is 1.81 bits per heavy atom. The van der Waals surface area contributed by atoms with E-state index in [0.29, 0.717) is 18.7 Å². The number of non-ortho nitro benzene ring substituents is 1. The van der Waals surface area contributed by atoms with E-state index in [2.05, 4.69) is 5.32 Å². The van der Waals surface area contributed by atoms with Crippen molar-refractivity contribution in [3.05, 3.63) is 70.3 Å². The van der Waals surface area contributed by atoms with E-state index < -0.39 is 33.4 Å². The minimum atomic E-state index is -3.61. The van der Waals surface area contributed by atoms with Crippen LogP contribution in [0.15, 0.2) is 59.5 Å². The molecule has 1 aliphatic rings. The molecule has 1 saturated heterocycles. The molecule has 1 amide bonds. The Kier molecular flexibility index (Phi) is 7.33. The maximum atomic E-state index is 12.6. The van der Waals surface area contributed by atoms with Gasteiger partial charge >= 0.3 is 5.97 Å². The van der Waals surface area contributed by atoms with E-state index in [1.807, 2.05) is 0 Å². The lowest BCUT2D eigenvalue weighted by molar-refractivity contribution is -0.384. The normalized spacial score (nSPS) is 14.4. The third-order valence-electron chi connectivity index (χ3n) is 4.68. The summed E-state index contributed by atoms with van der Waals surface area (Å²) in [5.41, 5.74) is 0.750. The molecular weight excluding hydrogens is 438 g/mol. The molecule has 11 heteroatoms. The highest BCUT2D eigenvalue weighted by Crippen LogP contribution is 2.23. The van der Waals surface area contributed by atoms with Crippen molar-refractivity contribution < 1.29 is 27.7 Å². The lowest BCUT2D eigenvalue weighted by atomic mass is 10.2. The van der Waals surface area contributed by atoms with Crippen LogP contribution in [-0.4, -0.2) is 49.2 Å². The summed E-state index contributed by atoms with van der Waals surface area (Å²) in [7, 11) is -3.61. The number of benzene rings is 2. The number of carbonyl (C=O) groups excluding carboxylic acids is 2. The Labute approximate surface area is 184 Å². The Balaban J connectivity index is 1.52. The van der Waals surface area contributed by atoms with Gasteiger partial charge in [0.05, 0.1) is 9.82 Å². The van der Waals surface area contributed by atoms with Crippen LogP contribution >= 0.6 is 0 Å². The molecule has 0 spiro atoms. The predicted octanol–water partition coefficient (Wildman–Crippen LogP) is 2.57. The Morgan fingerprint density at radius 1 is 1.12 bits per heavy atom. The van der Waals surface area contributed by atoms with Gasteiger partial charge in [0.1, 0.15) is 0 Å². The third-order valence-corrected chi connectivity index (χ3v) is 6.58. The Hall–Kier alpha value is -3.57. The molecule has 0 aromatic heterocycles. The Morgan fingerprint density at radius 3 is 2.47 bits per heavy atom. The monoisotopic (exact) mass is 459 g/mol. The number of hydrogen-bond acceptors (Lipinski definition) is 7. The molecule has 1 heterocycles. The van der Waals surface area contributed by atoms with Gasteiger partial charge in [-0.05, 0) is 54.8 Å². The van der Waals surface area contributed by atoms with Gasteiger partial charge in [-0.15, -0.1) is 0 Å². The molecule has 0 aliphatic carbocycles. The molecule has 2 aromatic rings. The second kappa shape index (κ2) is 10.2. The molecule has 1 N–H and O–H groups in total. The SMILES string of the molecule is O=C(COC(=O)C=Cc1ccc([N+](=O)[O-])cc1)Nc1cccc(S(=O)(=O)N2CCCC2)c1. The first-order chi connectivity index (χ1) is 15.3. The van der Waals surface area contributed by atoms with Gasteiger partial charge in [0.25, 0.3) is 11.6 Å². The number of nitro groups is 1. The molecule has 32 heavy (non-hydrogen) atoms. The van der Waals surface area contributed by atoms with Crippen LogP contribution in [0.1, 0.15) is 18.4 Å². The maximum Gasteiger partial charge on any atom is 0.331 e. The first-order valence-electron chi connectivity index (χ1n) is 9.75. The predicted molar refractivity (Wildman–Crippen MR) is 116 cm³/mol. The number of sulfonamides is 1. The van der Waals surface area contributed by atoms with Crippen LogP contribution in [-0.2, 0) is 24.3 Å². The van der Waals surface area contributed by atoms with Crippen LogP contribution in [0.3, 0.4) is 0 Å². The van der Waals surface area contributed by atoms with Gasteiger partial charge in [0, 0.05) is 37.0 Å². The summed E-state index contributed by atoms with van der Waals surface area (Å²) in [4.78, 5) is 34.1. The molecule has 168 valence electrons. The third kappa shape index (κ3) is 5.99. The highest BCUT2D eigenvalue weighted by Gasteiger charge is 2.27. The largest absolute Gasteiger partial charge is 0.452 e. The van der Waals surface area contributed by atoms with E-state index in [1.165, 1.54) is 58.9 Å². The molecule has 0 radical (unpaired) electrons. The highest BCUT2D eigenvalue weighted by atomic mass is 32.2. The van der Waals surface area contributed by atoms with Gasteiger partial charge in [-0.1, -0.05) is 6.07 Å². The molecule has 0 atom stereocenters. The lowest BCUT2D eigenvalue weighted by Gasteiger charge is -2.16. The molecule has 0 saturated carbocycles. The number of rotatable bonds is 8. The summed E-state index contributed by atoms with van der Waals surface area (Å²) in [5.74, 6) is -1.40. The van der Waals surface area contributed by atoms with Gasteiger partial charge in [0.2, 0.25) is 10.0 Å². The van der Waals surface area contributed by atoms with Gasteiger partial charge in [-0.25, -0.2) is 13.2 Å². The summed E-state index contributed by atoms with van der Waals surface area (Å²) >= 11 is 0. The molecule has 10 nitrogen and oxygen atoms in total. The standard InChI is InChI=1S/C21H21N3O7S/c25-20(15-31-21(26)11-8-16-6-9-18(10-7-16)24(27)28)22-17-4-3-5-19(14-17)32(29,30)23-12-1-2-13-23/h3-11,14H,1-2,12-13,15H2,(H,22,25). The number of nitrogens with one attached hydrogen (secondary N) is 1. The minimum absolute atomic E-state index is 0.0707. The number of nitrogens with zero attached hydrogens (tertiary/aromatic N) is 2. The number of anilines is 1. The summed E-state index contributed by atoms with van der Waals surface area (Å²) in [5, 5.41) is 13.1. The fourth-order valence-electron chi connectivity index (χ4n) is 3.07. The van der Waals surface area contributed by atoms with E-state index in [0.717, 1.165) is 18.9 Å². The number of carbonyl (C=O) groups is 2. The highest BCUT2D eigenvalue weighted by molar-refractivity contribution is 7.89. The van der Waals surface area contributed by atoms with Crippen molar-refractivity contribution in [2.45, 2.75) is 17.7 Å². The van der Waals surface area contributed by atoms with E-state index in [-0.39, 0.29) is 16.3 Å². The zero-order valence-electron chi connectivity index (χ0n) is 17.0. The fourth-order valence-corrected chi connectivity index (χ4v) is 4.63. The number of ether oxygens (including phenoxy) is 1. The van der Waals surface area contributed by atoms with Crippen molar-refractivity contribution >= 4 is 39.4 Å². The first kappa shape index (κ1) is 23.1. The summed E-state index contributed by atoms with van der Waals surface area (Å²) < 4.78 is 31.5. The second-order valence-electron chi connectivity index (χ2n) is 6.98. The number of amides is 1. The molecule has 0 bridgehead atoms. The molecule has 2 aromatic carbocycles. The van der Waals surface area contributed by atoms with Crippen LogP contribution in [0.25, 0.3) is 6.08 Å². The van der Waals surface area contributed by atoms with Crippen LogP contribution in [0, 0.1) is 10.1 Å². The van der Waals surface area contributed by atoms with Gasteiger partial charge in [-0.2, -0.15) is 4.31 Å². The number of esters is 1. The van der Waals surface area contributed by atoms with Crippen LogP contribution < -0.4 is 5.32 Å². The van der Waals surface area contributed by atoms with Crippen molar-refractivity contribution in [3.63, 3.8) is 0 Å². The van der Waals surface area contributed by atoms with Crippen molar-refractivity contribution in [2.24, 2.45) is 0 Å². The molecular formula is C21H21N3O7S. The van der Waals surface area contributed by atoms with Gasteiger partial charge in [-0.3, -0.25) is 14.9 Å². The molecule has 0 unspecified atom stereocenters. The van der Waals surface area contributed by atoms with Crippen molar-refractivity contribution in [1.29, 1.82) is 0 Å². The number of hydrogen-bond donors (Lipinski definition) is 1. The Bertz CT molecular complexity index is 1140. The lowest BCUT2D eigenvalue weighted by Crippen LogP contribution is -2.28. The van der Waals surface area contributed by atoms with E-state index in [9.17, 15) is 28.1 Å². The van der Waals surface area contributed by atoms with Crippen molar-refractivity contribution in [2.75, 3.05) is 25.0 Å². The fraction of sp³-hybridized carbons (Fsp3) is 0.238. The smallest absolute Gasteiger partial charge is 0.331 e. The van der Waals surface area contributed by atoms with Gasteiger partial charge in [0.15, 0.2) is 6.61 Å². The summed E-state index contributed by atoms with van der Waals surface area (Å²) in [6, 6.07) is 11.4. The van der Waals surface area contributed by atoms with E-state index >= 15 is 0 Å². The molecule has 3 rings (SSSR count). The quantitative estimate of drug-likeness (QED) is 0.277. The maximum absolute atomic E-state index is 12.6. The van der Waals surface area contributed by atoms with Crippen LogP contribution in [0.2, 0.25) is 0 Å². The zero-order chi connectivity index (χ0) is 23.1. The number of nitro benzene ring substituents is 1. The summed E-state index contributed by atoms with van der Waals surface area (Å²) in [6.45, 7) is 0.386. The van der Waals surface area contributed by atoms with Crippen LogP contribution in [0.5, 0.6) is 0 Å². The zero-order valence-corrected chi connectivity index (χ0v) is 17.8. The summed E-state index contributed by atoms with van der Waals surface area (Å²) in [6.07, 6.45) is 4.13. The van der Waals surface area contributed by atoms with E-state index in [4.69, 9.17) is 4.74 Å². The van der Waals surface area contributed by atoms with Gasteiger partial charge < -0.3 is 10.1 Å². The topological polar surface area (TPSA) is 136 Å². The van der Waals surface area contributed by atoms with Crippen molar-refractivity contribution in [3.8, 4) is 0 Å². The van der Waals surface area contributed by atoms with Crippen LogP contribution in [0.4, 0.5) is 11.4 Å². The molecule has 1 fully saturated rings. The first-order valence-corrected chi connectivity index (χ1v) is 11.2. The van der Waals surface area contributed by atoms with Crippen molar-refractivity contribution in [1.82, 2.24) is 4.31 Å². The average molecular weight is 459 g/mol. The second-order valence-corrected chi connectivity index (χ2v) is 8.91.